The maximum atomic E-state index is 11.5. The standard InChI is InChI=1S/C9H20ClNO2S/c1-8(9(2,3)4)11-14(12,13)7-5-6-10/h8,11H,5-7H2,1-4H3. The first-order chi connectivity index (χ1) is 6.19. The van der Waals surface area contributed by atoms with Crippen molar-refractivity contribution in [1.29, 1.82) is 0 Å². The Hall–Kier alpha value is 0.200. The molecule has 0 aromatic heterocycles. The van der Waals surface area contributed by atoms with Gasteiger partial charge in [0.05, 0.1) is 5.75 Å². The van der Waals surface area contributed by atoms with Gasteiger partial charge in [-0.15, -0.1) is 11.6 Å². The molecular weight excluding hydrogens is 222 g/mol. The summed E-state index contributed by atoms with van der Waals surface area (Å²) in [5.41, 5.74) is -0.0615. The molecule has 1 atom stereocenters. The van der Waals surface area contributed by atoms with E-state index in [-0.39, 0.29) is 17.2 Å². The number of alkyl halides is 1. The third kappa shape index (κ3) is 5.83. The lowest BCUT2D eigenvalue weighted by molar-refractivity contribution is 0.317. The first-order valence-corrected chi connectivity index (χ1v) is 6.93. The van der Waals surface area contributed by atoms with Crippen molar-refractivity contribution in [3.63, 3.8) is 0 Å². The topological polar surface area (TPSA) is 46.2 Å². The van der Waals surface area contributed by atoms with E-state index >= 15 is 0 Å². The first-order valence-electron chi connectivity index (χ1n) is 4.75. The van der Waals surface area contributed by atoms with Crippen LogP contribution >= 0.6 is 11.6 Å². The molecule has 0 aromatic rings. The molecule has 0 aliphatic heterocycles. The number of sulfonamides is 1. The van der Waals surface area contributed by atoms with Crippen molar-refractivity contribution in [2.45, 2.75) is 40.2 Å². The quantitative estimate of drug-likeness (QED) is 0.749. The summed E-state index contributed by atoms with van der Waals surface area (Å²) >= 11 is 5.44. The number of hydrogen-bond donors (Lipinski definition) is 1. The zero-order valence-corrected chi connectivity index (χ0v) is 10.9. The van der Waals surface area contributed by atoms with E-state index in [9.17, 15) is 8.42 Å². The molecule has 14 heavy (non-hydrogen) atoms. The monoisotopic (exact) mass is 241 g/mol. The van der Waals surface area contributed by atoms with Crippen molar-refractivity contribution < 1.29 is 8.42 Å². The van der Waals surface area contributed by atoms with Crippen LogP contribution in [0.25, 0.3) is 0 Å². The third-order valence-corrected chi connectivity index (χ3v) is 4.01. The van der Waals surface area contributed by atoms with Gasteiger partial charge >= 0.3 is 0 Å². The molecule has 1 N–H and O–H groups in total. The summed E-state index contributed by atoms with van der Waals surface area (Å²) in [5, 5.41) is 0. The summed E-state index contributed by atoms with van der Waals surface area (Å²) in [6.45, 7) is 7.88. The van der Waals surface area contributed by atoms with Crippen LogP contribution in [-0.4, -0.2) is 26.1 Å². The molecule has 0 rings (SSSR count). The Kier molecular flexibility index (Phi) is 5.41. The fraction of sp³-hybridized carbons (Fsp3) is 1.00. The van der Waals surface area contributed by atoms with Crippen LogP contribution in [0, 0.1) is 5.41 Å². The molecule has 0 saturated heterocycles. The second-order valence-corrected chi connectivity index (χ2v) is 6.82. The van der Waals surface area contributed by atoms with Crippen LogP contribution in [0.3, 0.4) is 0 Å². The Morgan fingerprint density at radius 3 is 2.21 bits per heavy atom. The van der Waals surface area contributed by atoms with Crippen molar-refractivity contribution in [2.24, 2.45) is 5.41 Å². The lowest BCUT2D eigenvalue weighted by Crippen LogP contribution is -2.42. The molecule has 0 aliphatic carbocycles. The third-order valence-electron chi connectivity index (χ3n) is 2.20. The van der Waals surface area contributed by atoms with Gasteiger partial charge < -0.3 is 0 Å². The van der Waals surface area contributed by atoms with Gasteiger partial charge in [0.25, 0.3) is 0 Å². The van der Waals surface area contributed by atoms with Gasteiger partial charge in [0, 0.05) is 11.9 Å². The number of halogens is 1. The van der Waals surface area contributed by atoms with E-state index in [1.54, 1.807) is 0 Å². The summed E-state index contributed by atoms with van der Waals surface area (Å²) < 4.78 is 25.6. The molecule has 0 bridgehead atoms. The zero-order valence-electron chi connectivity index (χ0n) is 9.30. The van der Waals surface area contributed by atoms with E-state index in [0.29, 0.717) is 12.3 Å². The summed E-state index contributed by atoms with van der Waals surface area (Å²) in [5.74, 6) is 0.488. The fourth-order valence-electron chi connectivity index (χ4n) is 0.750. The van der Waals surface area contributed by atoms with Crippen LogP contribution in [0.2, 0.25) is 0 Å². The van der Waals surface area contributed by atoms with Gasteiger partial charge in [0.1, 0.15) is 0 Å². The highest BCUT2D eigenvalue weighted by molar-refractivity contribution is 7.89. The summed E-state index contributed by atoms with van der Waals surface area (Å²) in [6, 6.07) is -0.0668. The molecule has 0 heterocycles. The molecule has 0 fully saturated rings. The van der Waals surface area contributed by atoms with Crippen LogP contribution in [0.15, 0.2) is 0 Å². The zero-order chi connectivity index (χ0) is 11.4. The summed E-state index contributed by atoms with van der Waals surface area (Å²) in [4.78, 5) is 0. The lowest BCUT2D eigenvalue weighted by Gasteiger charge is -2.27. The van der Waals surface area contributed by atoms with Crippen molar-refractivity contribution >= 4 is 21.6 Å². The smallest absolute Gasteiger partial charge is 0.211 e. The van der Waals surface area contributed by atoms with Gasteiger partial charge in [-0.25, -0.2) is 13.1 Å². The first kappa shape index (κ1) is 14.2. The highest BCUT2D eigenvalue weighted by Crippen LogP contribution is 2.19. The van der Waals surface area contributed by atoms with Gasteiger partial charge in [0.15, 0.2) is 0 Å². The van der Waals surface area contributed by atoms with Crippen LogP contribution in [0.1, 0.15) is 34.1 Å². The highest BCUT2D eigenvalue weighted by Gasteiger charge is 2.24. The lowest BCUT2D eigenvalue weighted by atomic mass is 9.89. The van der Waals surface area contributed by atoms with Crippen LogP contribution < -0.4 is 4.72 Å². The molecule has 86 valence electrons. The Balaban J connectivity index is 4.23. The molecule has 0 radical (unpaired) electrons. The van der Waals surface area contributed by atoms with E-state index in [2.05, 4.69) is 4.72 Å². The van der Waals surface area contributed by atoms with Gasteiger partial charge in [0.2, 0.25) is 10.0 Å². The molecule has 0 spiro atoms. The van der Waals surface area contributed by atoms with E-state index < -0.39 is 10.0 Å². The van der Waals surface area contributed by atoms with Crippen molar-refractivity contribution in [3.8, 4) is 0 Å². The highest BCUT2D eigenvalue weighted by atomic mass is 35.5. The van der Waals surface area contributed by atoms with E-state index in [0.717, 1.165) is 0 Å². The Bertz CT molecular complexity index is 256. The van der Waals surface area contributed by atoms with E-state index in [4.69, 9.17) is 11.6 Å². The Morgan fingerprint density at radius 1 is 1.36 bits per heavy atom. The van der Waals surface area contributed by atoms with Crippen LogP contribution in [-0.2, 0) is 10.0 Å². The van der Waals surface area contributed by atoms with Crippen molar-refractivity contribution in [2.75, 3.05) is 11.6 Å². The Morgan fingerprint density at radius 2 is 1.86 bits per heavy atom. The second kappa shape index (κ2) is 5.33. The molecule has 3 nitrogen and oxygen atoms in total. The van der Waals surface area contributed by atoms with Gasteiger partial charge in [-0.2, -0.15) is 0 Å². The van der Waals surface area contributed by atoms with Gasteiger partial charge in [-0.3, -0.25) is 0 Å². The molecule has 0 amide bonds. The molecule has 5 heteroatoms. The minimum atomic E-state index is -3.16. The molecule has 1 unspecified atom stereocenters. The number of nitrogens with one attached hydrogen (secondary N) is 1. The SMILES string of the molecule is CC(NS(=O)(=O)CCCCl)C(C)(C)C. The predicted molar refractivity (Wildman–Crippen MR) is 61.2 cm³/mol. The summed E-state index contributed by atoms with van der Waals surface area (Å²) in [6.07, 6.45) is 0.494. The van der Waals surface area contributed by atoms with Crippen LogP contribution in [0.4, 0.5) is 0 Å². The predicted octanol–water partition coefficient (Wildman–Crippen LogP) is 1.97. The van der Waals surface area contributed by atoms with Gasteiger partial charge in [-0.05, 0) is 18.8 Å². The average molecular weight is 242 g/mol. The minimum Gasteiger partial charge on any atom is -0.212 e. The Labute approximate surface area is 92.3 Å². The molecular formula is C9H20ClNO2S. The average Bonchev–Trinajstić information content (AvgIpc) is 1.98. The molecule has 0 aliphatic rings. The van der Waals surface area contributed by atoms with Crippen molar-refractivity contribution in [3.05, 3.63) is 0 Å². The number of rotatable bonds is 5. The number of hydrogen-bond acceptors (Lipinski definition) is 2. The van der Waals surface area contributed by atoms with Crippen molar-refractivity contribution in [1.82, 2.24) is 4.72 Å². The van der Waals surface area contributed by atoms with E-state index in [1.807, 2.05) is 27.7 Å². The maximum Gasteiger partial charge on any atom is 0.211 e. The molecule has 0 saturated carbocycles. The normalized spacial score (nSPS) is 15.5. The largest absolute Gasteiger partial charge is 0.212 e. The summed E-state index contributed by atoms with van der Waals surface area (Å²) in [7, 11) is -3.16. The maximum absolute atomic E-state index is 11.5. The minimum absolute atomic E-state index is 0.0615. The molecule has 0 aromatic carbocycles. The second-order valence-electron chi connectivity index (χ2n) is 4.57. The van der Waals surface area contributed by atoms with Crippen LogP contribution in [0.5, 0.6) is 0 Å². The van der Waals surface area contributed by atoms with Gasteiger partial charge in [-0.1, -0.05) is 20.8 Å². The van der Waals surface area contributed by atoms with E-state index in [1.165, 1.54) is 0 Å². The fourth-order valence-corrected chi connectivity index (χ4v) is 2.58.